The Bertz CT molecular complexity index is 785. The maximum Gasteiger partial charge on any atom is 0.271 e. The largest absolute Gasteiger partial charge is 0.475 e. The van der Waals surface area contributed by atoms with Crippen LogP contribution in [0, 0.1) is 17.0 Å². The molecule has 0 bridgehead atoms. The van der Waals surface area contributed by atoms with Gasteiger partial charge in [-0.25, -0.2) is 0 Å². The lowest BCUT2D eigenvalue weighted by Crippen LogP contribution is -2.21. The molecule has 2 aromatic rings. The SMILES string of the molecule is Cc1ccc([N+](=O)[O-])cc1NC1C=C(c2cccnc2)C=CO1. The number of allylic oxidation sites excluding steroid dienone is 2. The molecule has 1 atom stereocenters. The molecule has 6 nitrogen and oxygen atoms in total. The molecule has 3 rings (SSSR count). The van der Waals surface area contributed by atoms with Crippen LogP contribution in [0.15, 0.2) is 61.1 Å². The van der Waals surface area contributed by atoms with Gasteiger partial charge < -0.3 is 10.1 Å². The standard InChI is InChI=1S/C17H15N3O3/c1-12-4-5-15(20(21)22)10-16(12)19-17-9-13(6-8-23-17)14-3-2-7-18-11-14/h2-11,17,19H,1H3. The summed E-state index contributed by atoms with van der Waals surface area (Å²) in [5.74, 6) is 0. The molecule has 1 aliphatic rings. The van der Waals surface area contributed by atoms with Gasteiger partial charge in [0.15, 0.2) is 6.23 Å². The Morgan fingerprint density at radius 3 is 2.96 bits per heavy atom. The minimum absolute atomic E-state index is 0.0425. The van der Waals surface area contributed by atoms with E-state index in [4.69, 9.17) is 4.74 Å². The summed E-state index contributed by atoms with van der Waals surface area (Å²) in [5.41, 5.74) is 3.58. The van der Waals surface area contributed by atoms with Crippen molar-refractivity contribution in [3.8, 4) is 0 Å². The van der Waals surface area contributed by atoms with Crippen LogP contribution >= 0.6 is 0 Å². The van der Waals surface area contributed by atoms with E-state index in [1.165, 1.54) is 12.1 Å². The Morgan fingerprint density at radius 2 is 2.22 bits per heavy atom. The van der Waals surface area contributed by atoms with E-state index in [0.717, 1.165) is 16.7 Å². The summed E-state index contributed by atoms with van der Waals surface area (Å²) < 4.78 is 5.53. The van der Waals surface area contributed by atoms with Gasteiger partial charge in [-0.3, -0.25) is 15.1 Å². The molecule has 0 saturated carbocycles. The number of non-ortho nitro benzene ring substituents is 1. The Kier molecular flexibility index (Phi) is 4.05. The Balaban J connectivity index is 1.84. The van der Waals surface area contributed by atoms with Crippen LogP contribution in [0.2, 0.25) is 0 Å². The zero-order valence-electron chi connectivity index (χ0n) is 12.5. The number of aryl methyl sites for hydroxylation is 1. The Labute approximate surface area is 133 Å². The quantitative estimate of drug-likeness (QED) is 0.689. The van der Waals surface area contributed by atoms with Gasteiger partial charge in [0.05, 0.1) is 11.2 Å². The maximum atomic E-state index is 10.9. The van der Waals surface area contributed by atoms with Gasteiger partial charge in [0.1, 0.15) is 0 Å². The first kappa shape index (κ1) is 14.8. The molecule has 1 aromatic carbocycles. The van der Waals surface area contributed by atoms with Crippen molar-refractivity contribution in [2.45, 2.75) is 13.2 Å². The molecule has 1 aliphatic heterocycles. The number of ether oxygens (including phenoxy) is 1. The summed E-state index contributed by atoms with van der Waals surface area (Å²) >= 11 is 0. The van der Waals surface area contributed by atoms with E-state index in [-0.39, 0.29) is 5.69 Å². The second-order valence-electron chi connectivity index (χ2n) is 5.12. The van der Waals surface area contributed by atoms with Gasteiger partial charge >= 0.3 is 0 Å². The van der Waals surface area contributed by atoms with Crippen LogP contribution in [0.1, 0.15) is 11.1 Å². The van der Waals surface area contributed by atoms with Crippen LogP contribution in [0.3, 0.4) is 0 Å². The van der Waals surface area contributed by atoms with Crippen LogP contribution in [-0.2, 0) is 4.74 Å². The summed E-state index contributed by atoms with van der Waals surface area (Å²) in [6, 6.07) is 8.54. The zero-order valence-corrected chi connectivity index (χ0v) is 12.5. The number of nitrogens with one attached hydrogen (secondary N) is 1. The van der Waals surface area contributed by atoms with Crippen molar-refractivity contribution in [3.63, 3.8) is 0 Å². The van der Waals surface area contributed by atoms with Crippen molar-refractivity contribution in [1.29, 1.82) is 0 Å². The average molecular weight is 309 g/mol. The number of aromatic nitrogens is 1. The highest BCUT2D eigenvalue weighted by molar-refractivity contribution is 5.75. The van der Waals surface area contributed by atoms with Crippen LogP contribution < -0.4 is 5.32 Å². The van der Waals surface area contributed by atoms with E-state index >= 15 is 0 Å². The number of nitro groups is 1. The van der Waals surface area contributed by atoms with Crippen LogP contribution in [0.5, 0.6) is 0 Å². The highest BCUT2D eigenvalue weighted by atomic mass is 16.6. The number of hydrogen-bond donors (Lipinski definition) is 1. The van der Waals surface area contributed by atoms with E-state index in [2.05, 4.69) is 10.3 Å². The lowest BCUT2D eigenvalue weighted by molar-refractivity contribution is -0.384. The molecule has 0 fully saturated rings. The van der Waals surface area contributed by atoms with Gasteiger partial charge in [0, 0.05) is 30.2 Å². The van der Waals surface area contributed by atoms with Crippen molar-refractivity contribution in [2.24, 2.45) is 0 Å². The average Bonchev–Trinajstić information content (AvgIpc) is 2.58. The Morgan fingerprint density at radius 1 is 1.35 bits per heavy atom. The van der Waals surface area contributed by atoms with Crippen molar-refractivity contribution in [2.75, 3.05) is 5.32 Å². The fourth-order valence-corrected chi connectivity index (χ4v) is 2.29. The molecule has 1 unspecified atom stereocenters. The van der Waals surface area contributed by atoms with Gasteiger partial charge in [-0.05, 0) is 41.8 Å². The van der Waals surface area contributed by atoms with Crippen molar-refractivity contribution in [1.82, 2.24) is 4.98 Å². The van der Waals surface area contributed by atoms with Gasteiger partial charge in [-0.1, -0.05) is 12.1 Å². The van der Waals surface area contributed by atoms with E-state index in [9.17, 15) is 10.1 Å². The Hall–Kier alpha value is -3.15. The highest BCUT2D eigenvalue weighted by Gasteiger charge is 2.15. The third-order valence-corrected chi connectivity index (χ3v) is 3.53. The molecule has 0 amide bonds. The predicted molar refractivity (Wildman–Crippen MR) is 87.7 cm³/mol. The number of pyridine rings is 1. The van der Waals surface area contributed by atoms with Gasteiger partial charge in [-0.2, -0.15) is 0 Å². The topological polar surface area (TPSA) is 77.3 Å². The molecule has 0 aliphatic carbocycles. The predicted octanol–water partition coefficient (Wildman–Crippen LogP) is 3.66. The van der Waals surface area contributed by atoms with Crippen molar-refractivity contribution >= 4 is 16.9 Å². The van der Waals surface area contributed by atoms with E-state index in [1.54, 1.807) is 24.7 Å². The molecule has 0 radical (unpaired) electrons. The molecule has 6 heteroatoms. The lowest BCUT2D eigenvalue weighted by Gasteiger charge is -2.21. The van der Waals surface area contributed by atoms with Crippen LogP contribution in [0.25, 0.3) is 5.57 Å². The molecule has 116 valence electrons. The van der Waals surface area contributed by atoms with Crippen LogP contribution in [0.4, 0.5) is 11.4 Å². The molecule has 2 heterocycles. The van der Waals surface area contributed by atoms with E-state index < -0.39 is 11.2 Å². The third-order valence-electron chi connectivity index (χ3n) is 3.53. The number of anilines is 1. The van der Waals surface area contributed by atoms with Crippen LogP contribution in [-0.4, -0.2) is 16.1 Å². The second-order valence-corrected chi connectivity index (χ2v) is 5.12. The van der Waals surface area contributed by atoms with Gasteiger partial charge in [-0.15, -0.1) is 0 Å². The third kappa shape index (κ3) is 3.37. The molecule has 1 N–H and O–H groups in total. The lowest BCUT2D eigenvalue weighted by atomic mass is 10.1. The van der Waals surface area contributed by atoms with Gasteiger partial charge in [0.2, 0.25) is 0 Å². The van der Waals surface area contributed by atoms with Crippen molar-refractivity contribution < 1.29 is 9.66 Å². The first-order valence-corrected chi connectivity index (χ1v) is 7.09. The molecular formula is C17H15N3O3. The molecule has 23 heavy (non-hydrogen) atoms. The summed E-state index contributed by atoms with van der Waals surface area (Å²) in [6.07, 6.45) is 8.46. The first-order chi connectivity index (χ1) is 11.1. The van der Waals surface area contributed by atoms with Gasteiger partial charge in [0.25, 0.3) is 5.69 Å². The molecule has 0 saturated heterocycles. The zero-order chi connectivity index (χ0) is 16.2. The smallest absolute Gasteiger partial charge is 0.271 e. The normalized spacial score (nSPS) is 16.4. The first-order valence-electron chi connectivity index (χ1n) is 7.09. The summed E-state index contributed by atoms with van der Waals surface area (Å²) in [7, 11) is 0. The molecule has 0 spiro atoms. The number of rotatable bonds is 4. The molecular weight excluding hydrogens is 294 g/mol. The summed E-state index contributed by atoms with van der Waals surface area (Å²) in [4.78, 5) is 14.6. The highest BCUT2D eigenvalue weighted by Crippen LogP contribution is 2.25. The van der Waals surface area contributed by atoms with E-state index in [0.29, 0.717) is 5.69 Å². The number of nitro benzene ring substituents is 1. The minimum Gasteiger partial charge on any atom is -0.475 e. The van der Waals surface area contributed by atoms with Crippen molar-refractivity contribution in [3.05, 3.63) is 82.4 Å². The monoisotopic (exact) mass is 309 g/mol. The number of benzene rings is 1. The van der Waals surface area contributed by atoms with E-state index in [1.807, 2.05) is 31.2 Å². The number of nitrogens with zero attached hydrogens (tertiary/aromatic N) is 2. The summed E-state index contributed by atoms with van der Waals surface area (Å²) in [5, 5.41) is 14.1. The molecule has 1 aromatic heterocycles. The maximum absolute atomic E-state index is 10.9. The fourth-order valence-electron chi connectivity index (χ4n) is 2.29. The minimum atomic E-state index is -0.414. The number of hydrogen-bond acceptors (Lipinski definition) is 5. The summed E-state index contributed by atoms with van der Waals surface area (Å²) in [6.45, 7) is 1.89. The fraction of sp³-hybridized carbons (Fsp3) is 0.118. The second kappa shape index (κ2) is 6.31.